The van der Waals surface area contributed by atoms with Gasteiger partial charge >= 0.3 is 0 Å². The zero-order valence-electron chi connectivity index (χ0n) is 30.1. The van der Waals surface area contributed by atoms with E-state index in [9.17, 15) is 9.59 Å². The summed E-state index contributed by atoms with van der Waals surface area (Å²) in [6.07, 6.45) is 9.47. The van der Waals surface area contributed by atoms with Crippen LogP contribution in [0.25, 0.3) is 10.9 Å². The van der Waals surface area contributed by atoms with Crippen LogP contribution in [-0.2, 0) is 11.2 Å². The monoisotopic (exact) mass is 782 g/mol. The van der Waals surface area contributed by atoms with Crippen molar-refractivity contribution in [2.45, 2.75) is 61.7 Å². The van der Waals surface area contributed by atoms with E-state index in [-0.39, 0.29) is 11.5 Å². The van der Waals surface area contributed by atoms with E-state index in [4.69, 9.17) is 15.2 Å². The van der Waals surface area contributed by atoms with E-state index >= 15 is 0 Å². The highest BCUT2D eigenvalue weighted by Gasteiger charge is 2.18. The molecule has 0 unspecified atom stereocenters. The molecule has 272 valence electrons. The van der Waals surface area contributed by atoms with Gasteiger partial charge in [0, 0.05) is 70.0 Å². The van der Waals surface area contributed by atoms with Gasteiger partial charge in [0.25, 0.3) is 11.8 Å². The molecule has 2 amide bonds. The number of hydrogen-bond donors (Lipinski definition) is 2. The lowest BCUT2D eigenvalue weighted by Gasteiger charge is -2.18. The first-order valence-corrected chi connectivity index (χ1v) is 19.6. The Morgan fingerprint density at radius 2 is 1.63 bits per heavy atom. The van der Waals surface area contributed by atoms with Gasteiger partial charge in [0.05, 0.1) is 23.9 Å². The minimum Gasteiger partial charge on any atom is -0.497 e. The van der Waals surface area contributed by atoms with Crippen LogP contribution in [0.2, 0.25) is 0 Å². The van der Waals surface area contributed by atoms with Crippen LogP contribution in [0.15, 0.2) is 101 Å². The van der Waals surface area contributed by atoms with Crippen LogP contribution in [0.1, 0.15) is 70.4 Å². The van der Waals surface area contributed by atoms with Crippen molar-refractivity contribution in [3.05, 3.63) is 113 Å². The van der Waals surface area contributed by atoms with Gasteiger partial charge in [-0.2, -0.15) is 0 Å². The van der Waals surface area contributed by atoms with Crippen molar-refractivity contribution in [1.82, 2.24) is 4.98 Å². The number of rotatable bonds is 19. The van der Waals surface area contributed by atoms with Gasteiger partial charge in [-0.1, -0.05) is 64.8 Å². The number of ether oxygens (including phenoxy) is 2. The van der Waals surface area contributed by atoms with Crippen LogP contribution in [-0.4, -0.2) is 49.5 Å². The van der Waals surface area contributed by atoms with Crippen LogP contribution in [0.3, 0.4) is 0 Å². The molecule has 0 fully saturated rings. The zero-order valence-corrected chi connectivity index (χ0v) is 32.5. The molecule has 0 aliphatic rings. The highest BCUT2D eigenvalue weighted by molar-refractivity contribution is 9.09. The molecule has 0 aliphatic heterocycles. The largest absolute Gasteiger partial charge is 0.497 e. The fourth-order valence-electron chi connectivity index (χ4n) is 5.99. The second-order valence-corrected chi connectivity index (χ2v) is 14.7. The molecule has 0 saturated carbocycles. The van der Waals surface area contributed by atoms with Crippen LogP contribution < -0.4 is 20.7 Å². The summed E-state index contributed by atoms with van der Waals surface area (Å²) < 4.78 is 11.2. The van der Waals surface area contributed by atoms with Crippen molar-refractivity contribution >= 4 is 67.5 Å². The molecule has 1 heterocycles. The number of benzene rings is 4. The van der Waals surface area contributed by atoms with Gasteiger partial charge in [-0.05, 0) is 105 Å². The molecule has 10 heteroatoms. The molecule has 0 spiro atoms. The highest BCUT2D eigenvalue weighted by Crippen LogP contribution is 2.37. The normalized spacial score (nSPS) is 11.1. The molecule has 5 rings (SSSR count). The Labute approximate surface area is 319 Å². The van der Waals surface area contributed by atoms with Crippen LogP contribution >= 0.6 is 27.7 Å². The predicted molar refractivity (Wildman–Crippen MR) is 217 cm³/mol. The second-order valence-electron chi connectivity index (χ2n) is 12.7. The van der Waals surface area contributed by atoms with E-state index in [2.05, 4.69) is 44.4 Å². The molecule has 4 aromatic carbocycles. The Morgan fingerprint density at radius 1 is 0.885 bits per heavy atom. The van der Waals surface area contributed by atoms with Crippen LogP contribution in [0.4, 0.5) is 17.1 Å². The number of amides is 2. The lowest BCUT2D eigenvalue weighted by atomic mass is 10.1. The Kier molecular flexibility index (Phi) is 14.5. The number of anilines is 3. The standard InChI is InChI=1S/C42H47BrN4O4S/c1-29-24-36(27-37-39(29)45-28-38(41(44)48)40(37)46-32-14-11-15-34(26-32)50-3)52-35-16-10-13-31(25-35)42(49)47(2)33-19-17-30(18-20-33)12-6-9-23-51-22-8-5-4-7-21-43/h10-11,13-20,24-28H,4-9,12,21-23H2,1-3H3,(H2,44,48)(H,45,46). The summed E-state index contributed by atoms with van der Waals surface area (Å²) in [7, 11) is 3.41. The lowest BCUT2D eigenvalue weighted by molar-refractivity contribution is 0.0987. The number of primary amides is 1. The Bertz CT molecular complexity index is 1970. The van der Waals surface area contributed by atoms with E-state index < -0.39 is 5.91 Å². The molecular formula is C42H47BrN4O4S. The average Bonchev–Trinajstić information content (AvgIpc) is 3.15. The Morgan fingerprint density at radius 3 is 2.38 bits per heavy atom. The van der Waals surface area contributed by atoms with Crippen LogP contribution in [0.5, 0.6) is 5.75 Å². The van der Waals surface area contributed by atoms with E-state index in [0.717, 1.165) is 81.9 Å². The van der Waals surface area contributed by atoms with E-state index in [1.807, 2.05) is 73.7 Å². The third-order valence-corrected chi connectivity index (χ3v) is 10.4. The number of pyridine rings is 1. The maximum absolute atomic E-state index is 13.6. The summed E-state index contributed by atoms with van der Waals surface area (Å²) in [6, 6.07) is 27.4. The van der Waals surface area contributed by atoms with E-state index in [0.29, 0.717) is 17.0 Å². The summed E-state index contributed by atoms with van der Waals surface area (Å²) in [4.78, 5) is 34.2. The third kappa shape index (κ3) is 10.6. The number of alkyl halides is 1. The number of aromatic nitrogens is 1. The quantitative estimate of drug-likeness (QED) is 0.0634. The number of halogens is 1. The first kappa shape index (κ1) is 38.8. The van der Waals surface area contributed by atoms with Gasteiger partial charge in [0.2, 0.25) is 0 Å². The number of carbonyl (C=O) groups excluding carboxylic acids is 2. The smallest absolute Gasteiger partial charge is 0.258 e. The molecule has 0 aliphatic carbocycles. The molecule has 52 heavy (non-hydrogen) atoms. The average molecular weight is 784 g/mol. The van der Waals surface area contributed by atoms with Gasteiger partial charge < -0.3 is 25.4 Å². The number of aryl methyl sites for hydroxylation is 2. The number of unbranched alkanes of at least 4 members (excludes halogenated alkanes) is 4. The first-order chi connectivity index (χ1) is 25.3. The number of methoxy groups -OCH3 is 1. The van der Waals surface area contributed by atoms with Gasteiger partial charge in [-0.25, -0.2) is 0 Å². The summed E-state index contributed by atoms with van der Waals surface area (Å²) in [5.41, 5.74) is 11.8. The van der Waals surface area contributed by atoms with Crippen molar-refractivity contribution in [2.75, 3.05) is 42.9 Å². The van der Waals surface area contributed by atoms with Crippen molar-refractivity contribution in [3.63, 3.8) is 0 Å². The molecular weight excluding hydrogens is 736 g/mol. The van der Waals surface area contributed by atoms with Gasteiger partial charge in [0.1, 0.15) is 5.75 Å². The molecule has 0 bridgehead atoms. The van der Waals surface area contributed by atoms with Gasteiger partial charge in [-0.15, -0.1) is 0 Å². The van der Waals surface area contributed by atoms with Crippen molar-refractivity contribution < 1.29 is 19.1 Å². The summed E-state index contributed by atoms with van der Waals surface area (Å²) in [5.74, 6) is 0.0149. The fourth-order valence-corrected chi connectivity index (χ4v) is 7.40. The van der Waals surface area contributed by atoms with Crippen molar-refractivity contribution in [3.8, 4) is 5.75 Å². The fraction of sp³-hybridized carbons (Fsp3) is 0.310. The lowest BCUT2D eigenvalue weighted by Crippen LogP contribution is -2.26. The Balaban J connectivity index is 1.24. The molecule has 5 aromatic rings. The van der Waals surface area contributed by atoms with Gasteiger partial charge in [-0.3, -0.25) is 14.6 Å². The number of nitrogens with one attached hydrogen (secondary N) is 1. The number of fused-ring (bicyclic) bond motifs is 1. The van der Waals surface area contributed by atoms with E-state index in [1.165, 1.54) is 42.8 Å². The molecule has 0 saturated heterocycles. The third-order valence-electron chi connectivity index (χ3n) is 8.86. The maximum atomic E-state index is 13.6. The van der Waals surface area contributed by atoms with Crippen LogP contribution in [0, 0.1) is 6.92 Å². The maximum Gasteiger partial charge on any atom is 0.258 e. The van der Waals surface area contributed by atoms with Gasteiger partial charge in [0.15, 0.2) is 0 Å². The summed E-state index contributed by atoms with van der Waals surface area (Å²) in [6.45, 7) is 3.65. The number of nitrogens with two attached hydrogens (primary N) is 1. The number of carbonyl (C=O) groups is 2. The highest BCUT2D eigenvalue weighted by atomic mass is 79.9. The van der Waals surface area contributed by atoms with Crippen molar-refractivity contribution in [1.29, 1.82) is 0 Å². The molecule has 1 aromatic heterocycles. The topological polar surface area (TPSA) is 107 Å². The van der Waals surface area contributed by atoms with Crippen molar-refractivity contribution in [2.24, 2.45) is 5.73 Å². The molecule has 8 nitrogen and oxygen atoms in total. The number of hydrogen-bond acceptors (Lipinski definition) is 7. The minimum atomic E-state index is -0.580. The number of nitrogens with zero attached hydrogens (tertiary/aromatic N) is 2. The Hall–Kier alpha value is -4.38. The second kappa shape index (κ2) is 19.5. The first-order valence-electron chi connectivity index (χ1n) is 17.7. The molecule has 0 atom stereocenters. The SMILES string of the molecule is COc1cccc(Nc2c(C(N)=O)cnc3c(C)cc(Sc4cccc(C(=O)N(C)c5ccc(CCCCOCCCCCCBr)cc5)c4)cc23)c1. The molecule has 3 N–H and O–H groups in total. The summed E-state index contributed by atoms with van der Waals surface area (Å²) >= 11 is 5.01. The van der Waals surface area contributed by atoms with E-state index in [1.54, 1.807) is 19.1 Å². The predicted octanol–water partition coefficient (Wildman–Crippen LogP) is 10.1. The molecule has 0 radical (unpaired) electrons. The zero-order chi connectivity index (χ0) is 36.9. The minimum absolute atomic E-state index is 0.0886. The summed E-state index contributed by atoms with van der Waals surface area (Å²) in [5, 5.41) is 5.23.